The number of aromatic amines is 2. The minimum absolute atomic E-state index is 0.124. The number of carbonyl (C=O) groups excluding carboxylic acids is 2. The molecule has 0 fully saturated rings. The summed E-state index contributed by atoms with van der Waals surface area (Å²) in [6.45, 7) is 0. The van der Waals surface area contributed by atoms with Crippen molar-refractivity contribution in [3.8, 4) is 0 Å². The van der Waals surface area contributed by atoms with Gasteiger partial charge in [-0.2, -0.15) is 0 Å². The Balaban J connectivity index is 1.61. The van der Waals surface area contributed by atoms with E-state index < -0.39 is 5.91 Å². The number of fused-ring (bicyclic) bond motifs is 1. The maximum Gasteiger partial charge on any atom is 0.271 e. The molecule has 0 radical (unpaired) electrons. The Morgan fingerprint density at radius 1 is 1.13 bits per heavy atom. The van der Waals surface area contributed by atoms with E-state index in [-0.39, 0.29) is 24.2 Å². The number of rotatable bonds is 5. The molecule has 3 N–H and O–H groups in total. The average molecular weight is 310 g/mol. The van der Waals surface area contributed by atoms with Crippen LogP contribution in [0, 0.1) is 0 Å². The molecule has 0 bridgehead atoms. The van der Waals surface area contributed by atoms with E-state index in [0.29, 0.717) is 16.7 Å². The van der Waals surface area contributed by atoms with Crippen molar-refractivity contribution in [2.75, 3.05) is 5.32 Å². The summed E-state index contributed by atoms with van der Waals surface area (Å²) in [4.78, 5) is 39.2. The Bertz CT molecular complexity index is 912. The second-order valence-electron chi connectivity index (χ2n) is 5.11. The van der Waals surface area contributed by atoms with Crippen LogP contribution in [0.5, 0.6) is 0 Å². The largest absolute Gasteiger partial charge is 0.310 e. The van der Waals surface area contributed by atoms with Crippen molar-refractivity contribution >= 4 is 28.4 Å². The first-order valence-corrected chi connectivity index (χ1v) is 7.04. The maximum atomic E-state index is 12.0. The molecule has 1 amide bonds. The number of H-pyrrole nitrogens is 2. The fraction of sp³-hybridized carbons (Fsp3) is 0.125. The number of carbonyl (C=O) groups is 2. The van der Waals surface area contributed by atoms with Crippen LogP contribution in [0.4, 0.5) is 5.82 Å². The number of Topliss-reactive ketones (excluding diaryl/α,β-unsaturated/α-hetero) is 1. The zero-order valence-electron chi connectivity index (χ0n) is 12.1. The van der Waals surface area contributed by atoms with Gasteiger partial charge in [0.15, 0.2) is 0 Å². The van der Waals surface area contributed by atoms with Gasteiger partial charge in [-0.25, -0.2) is 4.98 Å². The predicted molar refractivity (Wildman–Crippen MR) is 85.1 cm³/mol. The highest BCUT2D eigenvalue weighted by atomic mass is 16.2. The molecule has 2 aromatic heterocycles. The first kappa shape index (κ1) is 14.7. The van der Waals surface area contributed by atoms with Gasteiger partial charge in [-0.15, -0.1) is 0 Å². The normalized spacial score (nSPS) is 10.6. The molecule has 0 spiro atoms. The number of nitrogens with zero attached hydrogens (tertiary/aromatic N) is 1. The zero-order chi connectivity index (χ0) is 16.2. The van der Waals surface area contributed by atoms with Crippen LogP contribution >= 0.6 is 0 Å². The topological polar surface area (TPSA) is 108 Å². The van der Waals surface area contributed by atoms with Crippen LogP contribution in [0.2, 0.25) is 0 Å². The number of hydrogen-bond donors (Lipinski definition) is 3. The number of nitrogens with one attached hydrogen (secondary N) is 3. The number of benzene rings is 1. The molecule has 0 saturated heterocycles. The lowest BCUT2D eigenvalue weighted by molar-refractivity contribution is -0.125. The van der Waals surface area contributed by atoms with E-state index in [0.717, 1.165) is 5.56 Å². The second-order valence-corrected chi connectivity index (χ2v) is 5.11. The maximum absolute atomic E-state index is 12.0. The monoisotopic (exact) mass is 310 g/mol. The number of aromatic nitrogens is 3. The van der Waals surface area contributed by atoms with Gasteiger partial charge in [0.1, 0.15) is 11.6 Å². The van der Waals surface area contributed by atoms with Crippen molar-refractivity contribution in [1.82, 2.24) is 15.2 Å². The molecule has 7 heteroatoms. The molecular formula is C16H14N4O3. The van der Waals surface area contributed by atoms with Gasteiger partial charge < -0.3 is 5.32 Å². The Labute approximate surface area is 130 Å². The average Bonchev–Trinajstić information content (AvgIpc) is 2.89. The molecule has 116 valence electrons. The van der Waals surface area contributed by atoms with Gasteiger partial charge >= 0.3 is 0 Å². The third-order valence-electron chi connectivity index (χ3n) is 3.33. The molecule has 1 aromatic carbocycles. The summed E-state index contributed by atoms with van der Waals surface area (Å²) in [5.41, 5.74) is 1.18. The van der Waals surface area contributed by atoms with E-state index in [4.69, 9.17) is 0 Å². The van der Waals surface area contributed by atoms with Crippen LogP contribution in [0.15, 0.2) is 47.4 Å². The summed E-state index contributed by atoms with van der Waals surface area (Å²) >= 11 is 0. The molecule has 0 atom stereocenters. The van der Waals surface area contributed by atoms with E-state index in [1.165, 1.54) is 0 Å². The number of ketones is 1. The molecule has 0 aliphatic carbocycles. The Kier molecular flexibility index (Phi) is 4.01. The minimum atomic E-state index is -0.398. The summed E-state index contributed by atoms with van der Waals surface area (Å²) in [6.07, 6.45) is 1.46. The third-order valence-corrected chi connectivity index (χ3v) is 3.33. The Morgan fingerprint density at radius 3 is 2.78 bits per heavy atom. The molecule has 0 unspecified atom stereocenters. The summed E-state index contributed by atoms with van der Waals surface area (Å²) in [6, 6.07) is 10.2. The second kappa shape index (κ2) is 6.27. The quantitative estimate of drug-likeness (QED) is 0.619. The Morgan fingerprint density at radius 2 is 2.00 bits per heavy atom. The summed E-state index contributed by atoms with van der Waals surface area (Å²) in [5, 5.41) is 8.32. The van der Waals surface area contributed by atoms with Gasteiger partial charge in [0.2, 0.25) is 5.91 Å². The highest BCUT2D eigenvalue weighted by Gasteiger charge is 2.12. The lowest BCUT2D eigenvalue weighted by Gasteiger charge is -2.04. The van der Waals surface area contributed by atoms with E-state index in [2.05, 4.69) is 20.5 Å². The molecule has 7 nitrogen and oxygen atoms in total. The first-order valence-electron chi connectivity index (χ1n) is 7.04. The van der Waals surface area contributed by atoms with Gasteiger partial charge in [0.25, 0.3) is 5.56 Å². The molecule has 0 aliphatic heterocycles. The van der Waals surface area contributed by atoms with Crippen molar-refractivity contribution in [1.29, 1.82) is 0 Å². The lowest BCUT2D eigenvalue weighted by Crippen LogP contribution is -2.18. The van der Waals surface area contributed by atoms with Crippen molar-refractivity contribution < 1.29 is 9.59 Å². The highest BCUT2D eigenvalue weighted by molar-refractivity contribution is 6.04. The summed E-state index contributed by atoms with van der Waals surface area (Å²) < 4.78 is 0. The van der Waals surface area contributed by atoms with Crippen molar-refractivity contribution in [3.63, 3.8) is 0 Å². The molecule has 0 aliphatic rings. The van der Waals surface area contributed by atoms with Crippen LogP contribution < -0.4 is 10.9 Å². The Hall–Kier alpha value is -3.22. The summed E-state index contributed by atoms with van der Waals surface area (Å²) in [7, 11) is 0. The summed E-state index contributed by atoms with van der Waals surface area (Å²) in [5.74, 6) is -0.197. The first-order chi connectivity index (χ1) is 11.1. The fourth-order valence-electron chi connectivity index (χ4n) is 2.29. The van der Waals surface area contributed by atoms with Crippen LogP contribution in [0.25, 0.3) is 10.9 Å². The van der Waals surface area contributed by atoms with Gasteiger partial charge in [0.05, 0.1) is 17.3 Å². The van der Waals surface area contributed by atoms with E-state index in [1.807, 2.05) is 0 Å². The SMILES string of the molecule is O=C(CC(=O)Nc1ccccn1)Cc1ccc2c(=O)[nH][nH]c2c1. The lowest BCUT2D eigenvalue weighted by atomic mass is 10.1. The molecule has 3 aromatic rings. The molecule has 2 heterocycles. The predicted octanol–water partition coefficient (Wildman–Crippen LogP) is 1.39. The van der Waals surface area contributed by atoms with E-state index in [1.54, 1.807) is 42.6 Å². The van der Waals surface area contributed by atoms with E-state index in [9.17, 15) is 14.4 Å². The standard InChI is InChI=1S/C16H14N4O3/c21-11(9-15(22)18-14-3-1-2-6-17-14)7-10-4-5-12-13(8-10)19-20-16(12)23/h1-6,8H,7,9H2,(H,17,18,22)(H2,19,20,23). The van der Waals surface area contributed by atoms with Crippen LogP contribution in [0.1, 0.15) is 12.0 Å². The molecular weight excluding hydrogens is 296 g/mol. The van der Waals surface area contributed by atoms with Crippen molar-refractivity contribution in [2.24, 2.45) is 0 Å². The van der Waals surface area contributed by atoms with Gasteiger partial charge in [-0.05, 0) is 29.8 Å². The number of anilines is 1. The van der Waals surface area contributed by atoms with Crippen LogP contribution in [-0.4, -0.2) is 26.9 Å². The molecule has 3 rings (SSSR count). The van der Waals surface area contributed by atoms with Crippen LogP contribution in [0.3, 0.4) is 0 Å². The highest BCUT2D eigenvalue weighted by Crippen LogP contribution is 2.11. The van der Waals surface area contributed by atoms with Gasteiger partial charge in [-0.3, -0.25) is 24.6 Å². The third kappa shape index (κ3) is 3.52. The number of pyridine rings is 1. The van der Waals surface area contributed by atoms with Crippen LogP contribution in [-0.2, 0) is 16.0 Å². The van der Waals surface area contributed by atoms with Gasteiger partial charge in [-0.1, -0.05) is 12.1 Å². The van der Waals surface area contributed by atoms with Gasteiger partial charge in [0, 0.05) is 12.6 Å². The molecule has 23 heavy (non-hydrogen) atoms. The minimum Gasteiger partial charge on any atom is -0.310 e. The van der Waals surface area contributed by atoms with Crippen molar-refractivity contribution in [2.45, 2.75) is 12.8 Å². The van der Waals surface area contributed by atoms with Crippen molar-refractivity contribution in [3.05, 3.63) is 58.5 Å². The molecule has 0 saturated carbocycles. The fourth-order valence-corrected chi connectivity index (χ4v) is 2.29. The van der Waals surface area contributed by atoms with E-state index >= 15 is 0 Å². The smallest absolute Gasteiger partial charge is 0.271 e. The zero-order valence-corrected chi connectivity index (χ0v) is 12.1. The number of amides is 1. The number of hydrogen-bond acceptors (Lipinski definition) is 4.